The Hall–Kier alpha value is -1.82. The van der Waals surface area contributed by atoms with Crippen molar-refractivity contribution in [2.45, 2.75) is 19.3 Å². The minimum absolute atomic E-state index is 0.600. The molecule has 0 unspecified atom stereocenters. The Morgan fingerprint density at radius 2 is 2.20 bits per heavy atom. The van der Waals surface area contributed by atoms with E-state index in [1.165, 1.54) is 0 Å². The fourth-order valence-electron chi connectivity index (χ4n) is 1.74. The highest BCUT2D eigenvalue weighted by Crippen LogP contribution is 2.15. The molecule has 0 saturated carbocycles. The SMILES string of the molecule is Cn1c(CCCC#N)nc2ccccc21. The number of unbranched alkanes of at least 4 members (excludes halogenated alkanes) is 1. The standard InChI is InChI=1S/C12H13N3/c1-15-11-7-3-2-6-10(11)14-12(15)8-4-5-9-13/h2-3,6-7H,4-5,8H2,1H3. The molecule has 1 aromatic heterocycles. The Morgan fingerprint density at radius 1 is 1.40 bits per heavy atom. The first-order chi connectivity index (χ1) is 7.33. The normalized spacial score (nSPS) is 10.4. The molecule has 0 aliphatic heterocycles. The molecule has 2 aromatic rings. The van der Waals surface area contributed by atoms with Crippen molar-refractivity contribution in [3.63, 3.8) is 0 Å². The molecule has 0 fully saturated rings. The number of aromatic nitrogens is 2. The van der Waals surface area contributed by atoms with E-state index in [-0.39, 0.29) is 0 Å². The number of nitriles is 1. The topological polar surface area (TPSA) is 41.6 Å². The van der Waals surface area contributed by atoms with Crippen LogP contribution in [0, 0.1) is 11.3 Å². The van der Waals surface area contributed by atoms with Crippen LogP contribution in [-0.4, -0.2) is 9.55 Å². The van der Waals surface area contributed by atoms with E-state index in [0.717, 1.165) is 29.7 Å². The zero-order chi connectivity index (χ0) is 10.7. The van der Waals surface area contributed by atoms with Crippen molar-refractivity contribution in [1.82, 2.24) is 9.55 Å². The van der Waals surface area contributed by atoms with Crippen molar-refractivity contribution in [2.24, 2.45) is 7.05 Å². The Morgan fingerprint density at radius 3 is 2.93 bits per heavy atom. The third-order valence-electron chi connectivity index (χ3n) is 2.57. The maximum atomic E-state index is 8.48. The number of hydrogen-bond acceptors (Lipinski definition) is 2. The van der Waals surface area contributed by atoms with Crippen LogP contribution in [0.4, 0.5) is 0 Å². The Kier molecular flexibility index (Phi) is 2.68. The van der Waals surface area contributed by atoms with Crippen molar-refractivity contribution >= 4 is 11.0 Å². The fraction of sp³-hybridized carbons (Fsp3) is 0.333. The van der Waals surface area contributed by atoms with E-state index in [1.807, 2.05) is 25.2 Å². The average molecular weight is 199 g/mol. The molecule has 76 valence electrons. The average Bonchev–Trinajstić information content (AvgIpc) is 2.57. The molecular formula is C12H13N3. The first-order valence-electron chi connectivity index (χ1n) is 5.10. The molecule has 15 heavy (non-hydrogen) atoms. The molecule has 1 aromatic carbocycles. The number of hydrogen-bond donors (Lipinski definition) is 0. The van der Waals surface area contributed by atoms with Crippen LogP contribution in [-0.2, 0) is 13.5 Å². The van der Waals surface area contributed by atoms with Crippen molar-refractivity contribution < 1.29 is 0 Å². The highest BCUT2D eigenvalue weighted by atomic mass is 15.1. The summed E-state index contributed by atoms with van der Waals surface area (Å²) in [6, 6.07) is 10.2. The highest BCUT2D eigenvalue weighted by molar-refractivity contribution is 5.75. The van der Waals surface area contributed by atoms with Gasteiger partial charge in [0.25, 0.3) is 0 Å². The van der Waals surface area contributed by atoms with Gasteiger partial charge < -0.3 is 4.57 Å². The molecule has 0 saturated heterocycles. The zero-order valence-corrected chi connectivity index (χ0v) is 8.77. The van der Waals surface area contributed by atoms with Crippen LogP contribution in [0.1, 0.15) is 18.7 Å². The predicted molar refractivity (Wildman–Crippen MR) is 59.3 cm³/mol. The summed E-state index contributed by atoms with van der Waals surface area (Å²) < 4.78 is 2.10. The van der Waals surface area contributed by atoms with E-state index in [2.05, 4.69) is 21.7 Å². The Bertz CT molecular complexity index is 505. The fourth-order valence-corrected chi connectivity index (χ4v) is 1.74. The minimum Gasteiger partial charge on any atom is -0.331 e. The second kappa shape index (κ2) is 4.14. The predicted octanol–water partition coefficient (Wildman–Crippen LogP) is 2.42. The monoisotopic (exact) mass is 199 g/mol. The molecule has 0 N–H and O–H groups in total. The summed E-state index contributed by atoms with van der Waals surface area (Å²) in [5, 5.41) is 8.48. The van der Waals surface area contributed by atoms with Crippen LogP contribution in [0.2, 0.25) is 0 Å². The smallest absolute Gasteiger partial charge is 0.109 e. The van der Waals surface area contributed by atoms with Crippen LogP contribution in [0.15, 0.2) is 24.3 Å². The van der Waals surface area contributed by atoms with E-state index in [4.69, 9.17) is 5.26 Å². The maximum Gasteiger partial charge on any atom is 0.109 e. The third-order valence-corrected chi connectivity index (χ3v) is 2.57. The van der Waals surface area contributed by atoms with Gasteiger partial charge in [-0.15, -0.1) is 0 Å². The lowest BCUT2D eigenvalue weighted by Gasteiger charge is -1.99. The summed E-state index contributed by atoms with van der Waals surface area (Å²) in [7, 11) is 2.02. The minimum atomic E-state index is 0.600. The lowest BCUT2D eigenvalue weighted by atomic mass is 10.2. The van der Waals surface area contributed by atoms with Crippen molar-refractivity contribution in [1.29, 1.82) is 5.26 Å². The van der Waals surface area contributed by atoms with E-state index in [1.54, 1.807) is 0 Å². The van der Waals surface area contributed by atoms with Gasteiger partial charge in [0.2, 0.25) is 0 Å². The molecule has 3 heteroatoms. The molecule has 0 radical (unpaired) electrons. The van der Waals surface area contributed by atoms with E-state index >= 15 is 0 Å². The number of nitrogens with zero attached hydrogens (tertiary/aromatic N) is 3. The van der Waals surface area contributed by atoms with Gasteiger partial charge in [-0.3, -0.25) is 0 Å². The lowest BCUT2D eigenvalue weighted by molar-refractivity contribution is 0.746. The first-order valence-corrected chi connectivity index (χ1v) is 5.10. The first kappa shape index (κ1) is 9.72. The highest BCUT2D eigenvalue weighted by Gasteiger charge is 2.05. The van der Waals surface area contributed by atoms with Gasteiger partial charge in [-0.25, -0.2) is 4.98 Å². The number of para-hydroxylation sites is 2. The van der Waals surface area contributed by atoms with Crippen LogP contribution < -0.4 is 0 Å². The van der Waals surface area contributed by atoms with Crippen LogP contribution in [0.5, 0.6) is 0 Å². The summed E-state index contributed by atoms with van der Waals surface area (Å²) in [6.45, 7) is 0. The molecule has 0 bridgehead atoms. The van der Waals surface area contributed by atoms with Gasteiger partial charge in [0.1, 0.15) is 5.82 Å². The van der Waals surface area contributed by atoms with Gasteiger partial charge in [-0.1, -0.05) is 12.1 Å². The van der Waals surface area contributed by atoms with Crippen molar-refractivity contribution in [3.8, 4) is 6.07 Å². The molecule has 1 heterocycles. The number of imidazole rings is 1. The third kappa shape index (κ3) is 1.84. The second-order valence-electron chi connectivity index (χ2n) is 3.59. The molecule has 0 aliphatic rings. The quantitative estimate of drug-likeness (QED) is 0.712. The zero-order valence-electron chi connectivity index (χ0n) is 8.77. The number of benzene rings is 1. The number of rotatable bonds is 3. The number of fused-ring (bicyclic) bond motifs is 1. The largest absolute Gasteiger partial charge is 0.331 e. The van der Waals surface area contributed by atoms with Gasteiger partial charge >= 0.3 is 0 Å². The molecule has 0 amide bonds. The van der Waals surface area contributed by atoms with Gasteiger partial charge in [0, 0.05) is 19.9 Å². The Labute approximate surface area is 89.0 Å². The van der Waals surface area contributed by atoms with Gasteiger partial charge in [0.05, 0.1) is 17.1 Å². The van der Waals surface area contributed by atoms with E-state index in [0.29, 0.717) is 6.42 Å². The summed E-state index contributed by atoms with van der Waals surface area (Å²) in [4.78, 5) is 4.54. The Balaban J connectivity index is 2.29. The van der Waals surface area contributed by atoms with Crippen molar-refractivity contribution in [2.75, 3.05) is 0 Å². The molecule has 0 atom stereocenters. The van der Waals surface area contributed by atoms with Gasteiger partial charge in [0.15, 0.2) is 0 Å². The van der Waals surface area contributed by atoms with Gasteiger partial charge in [-0.2, -0.15) is 5.26 Å². The van der Waals surface area contributed by atoms with Crippen LogP contribution in [0.3, 0.4) is 0 Å². The summed E-state index contributed by atoms with van der Waals surface area (Å²) in [5.74, 6) is 1.06. The van der Waals surface area contributed by atoms with Crippen LogP contribution >= 0.6 is 0 Å². The molecule has 0 aliphatic carbocycles. The lowest BCUT2D eigenvalue weighted by Crippen LogP contribution is -1.97. The molecule has 0 spiro atoms. The summed E-state index contributed by atoms with van der Waals surface area (Å²) in [5.41, 5.74) is 2.19. The maximum absolute atomic E-state index is 8.48. The van der Waals surface area contributed by atoms with E-state index < -0.39 is 0 Å². The summed E-state index contributed by atoms with van der Waals surface area (Å²) in [6.07, 6.45) is 2.36. The second-order valence-corrected chi connectivity index (χ2v) is 3.59. The van der Waals surface area contributed by atoms with Crippen LogP contribution in [0.25, 0.3) is 11.0 Å². The van der Waals surface area contributed by atoms with Crippen molar-refractivity contribution in [3.05, 3.63) is 30.1 Å². The summed E-state index contributed by atoms with van der Waals surface area (Å²) >= 11 is 0. The number of aryl methyl sites for hydroxylation is 2. The van der Waals surface area contributed by atoms with Gasteiger partial charge in [-0.05, 0) is 18.6 Å². The molecular weight excluding hydrogens is 186 g/mol. The van der Waals surface area contributed by atoms with E-state index in [9.17, 15) is 0 Å². The molecule has 2 rings (SSSR count). The molecule has 3 nitrogen and oxygen atoms in total.